The van der Waals surface area contributed by atoms with Crippen molar-refractivity contribution in [2.75, 3.05) is 0 Å². The lowest BCUT2D eigenvalue weighted by molar-refractivity contribution is -0.125. The number of nitrogens with zero attached hydrogens (tertiary/aromatic N) is 3. The van der Waals surface area contributed by atoms with E-state index in [1.54, 1.807) is 6.20 Å². The molecular weight excluding hydrogens is 360 g/mol. The number of rotatable bonds is 5. The number of aryl methyl sites for hydroxylation is 1. The first-order valence-electron chi connectivity index (χ1n) is 9.98. The van der Waals surface area contributed by atoms with Gasteiger partial charge in [-0.05, 0) is 43.9 Å². The van der Waals surface area contributed by atoms with E-state index < -0.39 is 0 Å². The topological polar surface area (TPSA) is 67.8 Å². The maximum absolute atomic E-state index is 12.3. The van der Waals surface area contributed by atoms with Gasteiger partial charge < -0.3 is 5.32 Å². The van der Waals surface area contributed by atoms with Crippen molar-refractivity contribution in [1.82, 2.24) is 20.3 Å². The molecule has 1 aromatic carbocycles. The second-order valence-corrected chi connectivity index (χ2v) is 7.29. The molecule has 0 aliphatic heterocycles. The van der Waals surface area contributed by atoms with E-state index in [4.69, 9.17) is 0 Å². The third-order valence-electron chi connectivity index (χ3n) is 5.18. The van der Waals surface area contributed by atoms with Crippen molar-refractivity contribution in [3.63, 3.8) is 0 Å². The van der Waals surface area contributed by atoms with Gasteiger partial charge in [-0.25, -0.2) is 9.97 Å². The van der Waals surface area contributed by atoms with Gasteiger partial charge in [0.2, 0.25) is 5.91 Å². The van der Waals surface area contributed by atoms with Crippen LogP contribution in [-0.2, 0) is 11.3 Å². The van der Waals surface area contributed by atoms with Gasteiger partial charge in [-0.3, -0.25) is 9.78 Å². The molecule has 5 nitrogen and oxygen atoms in total. The average Bonchev–Trinajstić information content (AvgIpc) is 2.79. The molecule has 5 heteroatoms. The van der Waals surface area contributed by atoms with Crippen LogP contribution in [0.5, 0.6) is 0 Å². The predicted octanol–water partition coefficient (Wildman–Crippen LogP) is 4.49. The van der Waals surface area contributed by atoms with Crippen LogP contribution in [0, 0.1) is 12.8 Å². The van der Waals surface area contributed by atoms with Crippen molar-refractivity contribution in [2.24, 2.45) is 5.92 Å². The van der Waals surface area contributed by atoms with Crippen LogP contribution in [0.25, 0.3) is 22.5 Å². The van der Waals surface area contributed by atoms with Gasteiger partial charge in [-0.1, -0.05) is 42.5 Å². The van der Waals surface area contributed by atoms with Crippen LogP contribution in [0.4, 0.5) is 0 Å². The van der Waals surface area contributed by atoms with E-state index in [-0.39, 0.29) is 11.8 Å². The number of benzene rings is 1. The van der Waals surface area contributed by atoms with Crippen LogP contribution in [0.1, 0.15) is 30.7 Å². The Kier molecular flexibility index (Phi) is 5.75. The van der Waals surface area contributed by atoms with Crippen molar-refractivity contribution in [3.05, 3.63) is 78.4 Å². The summed E-state index contributed by atoms with van der Waals surface area (Å²) in [5, 5.41) is 3.07. The Hall–Kier alpha value is -3.34. The number of hydrogen-bond acceptors (Lipinski definition) is 4. The van der Waals surface area contributed by atoms with E-state index >= 15 is 0 Å². The minimum absolute atomic E-state index is 0.101. The van der Waals surface area contributed by atoms with Crippen molar-refractivity contribution in [1.29, 1.82) is 0 Å². The highest BCUT2D eigenvalue weighted by Gasteiger charge is 2.18. The molecule has 3 aromatic rings. The number of hydrogen-bond donors (Lipinski definition) is 1. The van der Waals surface area contributed by atoms with Crippen molar-refractivity contribution in [3.8, 4) is 22.5 Å². The fourth-order valence-corrected chi connectivity index (χ4v) is 3.55. The van der Waals surface area contributed by atoms with E-state index in [1.807, 2.05) is 55.6 Å². The molecule has 1 aliphatic rings. The van der Waals surface area contributed by atoms with E-state index in [0.717, 1.165) is 53.2 Å². The normalized spacial score (nSPS) is 15.8. The average molecular weight is 384 g/mol. The van der Waals surface area contributed by atoms with Crippen molar-refractivity contribution in [2.45, 2.75) is 32.7 Å². The standard InChI is InChI=1S/C24H24N4O/c1-17-26-16-21(22-9-5-6-14-25-22)23(28-17)19-12-10-18(11-13-19)15-27-24(29)20-7-3-2-4-8-20/h2-3,5-6,9-14,16,20H,4,7-8,15H2,1H3,(H,27,29). The minimum atomic E-state index is 0.101. The predicted molar refractivity (Wildman–Crippen MR) is 114 cm³/mol. The molecule has 2 aromatic heterocycles. The zero-order valence-electron chi connectivity index (χ0n) is 16.5. The fourth-order valence-electron chi connectivity index (χ4n) is 3.55. The van der Waals surface area contributed by atoms with Crippen LogP contribution < -0.4 is 5.32 Å². The van der Waals surface area contributed by atoms with E-state index in [2.05, 4.69) is 32.4 Å². The Morgan fingerprint density at radius 3 is 2.69 bits per heavy atom. The van der Waals surface area contributed by atoms with E-state index in [0.29, 0.717) is 6.54 Å². The zero-order chi connectivity index (χ0) is 20.1. The molecule has 0 spiro atoms. The molecule has 146 valence electrons. The number of carbonyl (C=O) groups excluding carboxylic acids is 1. The smallest absolute Gasteiger partial charge is 0.223 e. The Balaban J connectivity index is 1.50. The second kappa shape index (κ2) is 8.78. The van der Waals surface area contributed by atoms with Crippen molar-refractivity contribution >= 4 is 5.91 Å². The first-order valence-corrected chi connectivity index (χ1v) is 9.98. The number of aromatic nitrogens is 3. The first-order chi connectivity index (χ1) is 14.2. The van der Waals surface area contributed by atoms with Gasteiger partial charge in [0.25, 0.3) is 0 Å². The van der Waals surface area contributed by atoms with Gasteiger partial charge in [0.05, 0.1) is 11.4 Å². The first kappa shape index (κ1) is 19.0. The van der Waals surface area contributed by atoms with Gasteiger partial charge in [0.1, 0.15) is 5.82 Å². The minimum Gasteiger partial charge on any atom is -0.352 e. The molecule has 4 rings (SSSR count). The van der Waals surface area contributed by atoms with Gasteiger partial charge >= 0.3 is 0 Å². The second-order valence-electron chi connectivity index (χ2n) is 7.29. The molecule has 0 radical (unpaired) electrons. The fraction of sp³-hybridized carbons (Fsp3) is 0.250. The summed E-state index contributed by atoms with van der Waals surface area (Å²) in [5.41, 5.74) is 4.69. The molecule has 2 heterocycles. The Morgan fingerprint density at radius 1 is 1.10 bits per heavy atom. The van der Waals surface area contributed by atoms with E-state index in [9.17, 15) is 4.79 Å². The van der Waals surface area contributed by atoms with Crippen LogP contribution in [-0.4, -0.2) is 20.9 Å². The number of amides is 1. The summed E-state index contributed by atoms with van der Waals surface area (Å²) in [4.78, 5) is 25.8. The summed E-state index contributed by atoms with van der Waals surface area (Å²) in [7, 11) is 0. The Bertz CT molecular complexity index is 1010. The highest BCUT2D eigenvalue weighted by atomic mass is 16.1. The number of carbonyl (C=O) groups is 1. The molecular formula is C24H24N4O. The maximum Gasteiger partial charge on any atom is 0.223 e. The summed E-state index contributed by atoms with van der Waals surface area (Å²) < 4.78 is 0. The van der Waals surface area contributed by atoms with Gasteiger partial charge in [0, 0.05) is 36.0 Å². The molecule has 1 aliphatic carbocycles. The summed E-state index contributed by atoms with van der Waals surface area (Å²) in [6.45, 7) is 2.42. The molecule has 0 saturated heterocycles. The lowest BCUT2D eigenvalue weighted by Gasteiger charge is -2.17. The summed E-state index contributed by atoms with van der Waals surface area (Å²) in [5.74, 6) is 0.962. The van der Waals surface area contributed by atoms with Crippen LogP contribution in [0.15, 0.2) is 67.0 Å². The quantitative estimate of drug-likeness (QED) is 0.658. The lowest BCUT2D eigenvalue weighted by atomic mass is 9.93. The third-order valence-corrected chi connectivity index (χ3v) is 5.18. The number of pyridine rings is 1. The van der Waals surface area contributed by atoms with Gasteiger partial charge in [-0.2, -0.15) is 0 Å². The molecule has 29 heavy (non-hydrogen) atoms. The Morgan fingerprint density at radius 2 is 1.97 bits per heavy atom. The molecule has 0 fully saturated rings. The van der Waals surface area contributed by atoms with Gasteiger partial charge in [-0.15, -0.1) is 0 Å². The molecule has 1 atom stereocenters. The zero-order valence-corrected chi connectivity index (χ0v) is 16.5. The van der Waals surface area contributed by atoms with Gasteiger partial charge in [0.15, 0.2) is 0 Å². The van der Waals surface area contributed by atoms with Crippen LogP contribution in [0.3, 0.4) is 0 Å². The Labute approximate surface area is 171 Å². The maximum atomic E-state index is 12.3. The molecule has 1 amide bonds. The van der Waals surface area contributed by atoms with E-state index in [1.165, 1.54) is 0 Å². The third kappa shape index (κ3) is 4.57. The molecule has 0 saturated carbocycles. The monoisotopic (exact) mass is 384 g/mol. The highest BCUT2D eigenvalue weighted by molar-refractivity contribution is 5.79. The van der Waals surface area contributed by atoms with Crippen molar-refractivity contribution < 1.29 is 4.79 Å². The van der Waals surface area contributed by atoms with Crippen LogP contribution >= 0.6 is 0 Å². The number of nitrogens with one attached hydrogen (secondary N) is 1. The summed E-state index contributed by atoms with van der Waals surface area (Å²) in [6.07, 6.45) is 10.6. The molecule has 1 N–H and O–H groups in total. The number of allylic oxidation sites excluding steroid dienone is 2. The van der Waals surface area contributed by atoms with Crippen LogP contribution in [0.2, 0.25) is 0 Å². The largest absolute Gasteiger partial charge is 0.352 e. The lowest BCUT2D eigenvalue weighted by Crippen LogP contribution is -2.30. The SMILES string of the molecule is Cc1ncc(-c2ccccn2)c(-c2ccc(CNC(=O)C3CC=CCC3)cc2)n1. The molecule has 0 bridgehead atoms. The summed E-state index contributed by atoms with van der Waals surface area (Å²) >= 11 is 0. The summed E-state index contributed by atoms with van der Waals surface area (Å²) in [6, 6.07) is 14.0. The molecule has 1 unspecified atom stereocenters. The highest BCUT2D eigenvalue weighted by Crippen LogP contribution is 2.29.